The smallest absolute Gasteiger partial charge is 0.0396 e. The van der Waals surface area contributed by atoms with Crippen LogP contribution in [0.2, 0.25) is 0 Å². The molecule has 0 saturated heterocycles. The summed E-state index contributed by atoms with van der Waals surface area (Å²) in [6.45, 7) is 9.08. The van der Waals surface area contributed by atoms with Crippen LogP contribution in [0.4, 0.5) is 5.69 Å². The molecule has 0 heterocycles. The van der Waals surface area contributed by atoms with Gasteiger partial charge in [0.2, 0.25) is 0 Å². The number of allylic oxidation sites excluding steroid dienone is 2. The third kappa shape index (κ3) is 3.38. The molecule has 2 nitrogen and oxygen atoms in total. The fourth-order valence-corrected chi connectivity index (χ4v) is 4.25. The Hall–Kier alpha value is -1.28. The molecule has 3 atom stereocenters. The largest absolute Gasteiger partial charge is 0.370 e. The summed E-state index contributed by atoms with van der Waals surface area (Å²) in [6, 6.07) is 8.74. The van der Waals surface area contributed by atoms with Gasteiger partial charge >= 0.3 is 0 Å². The van der Waals surface area contributed by atoms with Crippen LogP contribution in [0, 0.1) is 24.7 Å². The highest BCUT2D eigenvalue weighted by atomic mass is 15.2. The Labute approximate surface area is 135 Å². The van der Waals surface area contributed by atoms with Crippen LogP contribution in [0.1, 0.15) is 25.3 Å². The Balaban J connectivity index is 1.50. The molecule has 1 saturated carbocycles. The van der Waals surface area contributed by atoms with Crippen LogP contribution in [0.15, 0.2) is 36.4 Å². The van der Waals surface area contributed by atoms with Crippen molar-refractivity contribution in [3.8, 4) is 0 Å². The van der Waals surface area contributed by atoms with E-state index in [-0.39, 0.29) is 0 Å². The van der Waals surface area contributed by atoms with Crippen molar-refractivity contribution in [1.82, 2.24) is 4.90 Å². The Morgan fingerprint density at radius 3 is 2.55 bits per heavy atom. The molecule has 22 heavy (non-hydrogen) atoms. The molecule has 3 unspecified atom stereocenters. The minimum atomic E-state index is 0.867. The molecule has 3 rings (SSSR count). The number of para-hydroxylation sites is 1. The van der Waals surface area contributed by atoms with Crippen molar-refractivity contribution in [2.75, 3.05) is 38.1 Å². The highest BCUT2D eigenvalue weighted by Gasteiger charge is 2.35. The average molecular weight is 298 g/mol. The summed E-state index contributed by atoms with van der Waals surface area (Å²) in [5.41, 5.74) is 2.77. The molecule has 120 valence electrons. The van der Waals surface area contributed by atoms with Gasteiger partial charge < -0.3 is 9.80 Å². The predicted octanol–water partition coefficient (Wildman–Crippen LogP) is 3.97. The Kier molecular flexibility index (Phi) is 4.87. The molecule has 0 aliphatic heterocycles. The number of aryl methyl sites for hydroxylation is 1. The first-order valence-electron chi connectivity index (χ1n) is 8.84. The Bertz CT molecular complexity index is 522. The van der Waals surface area contributed by atoms with Gasteiger partial charge in [-0.2, -0.15) is 0 Å². The topological polar surface area (TPSA) is 6.48 Å². The maximum absolute atomic E-state index is 2.54. The van der Waals surface area contributed by atoms with Crippen LogP contribution >= 0.6 is 0 Å². The van der Waals surface area contributed by atoms with Gasteiger partial charge in [-0.05, 0) is 63.1 Å². The molecule has 0 radical (unpaired) electrons. The summed E-state index contributed by atoms with van der Waals surface area (Å²) in [7, 11) is 2.29. The van der Waals surface area contributed by atoms with Gasteiger partial charge in [0.05, 0.1) is 0 Å². The Morgan fingerprint density at radius 1 is 1.09 bits per heavy atom. The molecular weight excluding hydrogens is 268 g/mol. The van der Waals surface area contributed by atoms with Gasteiger partial charge in [-0.3, -0.25) is 0 Å². The van der Waals surface area contributed by atoms with E-state index in [1.165, 1.54) is 30.6 Å². The van der Waals surface area contributed by atoms with E-state index < -0.39 is 0 Å². The van der Waals surface area contributed by atoms with Gasteiger partial charge in [-0.1, -0.05) is 30.4 Å². The fraction of sp³-hybridized carbons (Fsp3) is 0.600. The van der Waals surface area contributed by atoms with Crippen LogP contribution in [-0.2, 0) is 0 Å². The van der Waals surface area contributed by atoms with Crippen LogP contribution < -0.4 is 4.90 Å². The van der Waals surface area contributed by atoms with Crippen molar-refractivity contribution >= 4 is 5.69 Å². The first-order valence-corrected chi connectivity index (χ1v) is 8.84. The maximum atomic E-state index is 2.54. The third-order valence-electron chi connectivity index (χ3n) is 5.55. The van der Waals surface area contributed by atoms with Crippen molar-refractivity contribution in [3.63, 3.8) is 0 Å². The van der Waals surface area contributed by atoms with E-state index in [0.717, 1.165) is 37.4 Å². The molecule has 0 amide bonds. The lowest BCUT2D eigenvalue weighted by Gasteiger charge is -2.30. The first-order chi connectivity index (χ1) is 10.7. The minimum absolute atomic E-state index is 0.867. The minimum Gasteiger partial charge on any atom is -0.370 e. The van der Waals surface area contributed by atoms with Crippen molar-refractivity contribution < 1.29 is 0 Å². The zero-order valence-electron chi connectivity index (χ0n) is 14.3. The van der Waals surface area contributed by atoms with Crippen molar-refractivity contribution in [3.05, 3.63) is 42.0 Å². The second-order valence-corrected chi connectivity index (χ2v) is 7.17. The summed E-state index contributed by atoms with van der Waals surface area (Å²) in [5.74, 6) is 2.65. The van der Waals surface area contributed by atoms with Crippen LogP contribution in [-0.4, -0.2) is 38.1 Å². The lowest BCUT2D eigenvalue weighted by molar-refractivity contribution is 0.258. The summed E-state index contributed by atoms with van der Waals surface area (Å²) in [6.07, 6.45) is 7.75. The number of rotatable bonds is 7. The maximum Gasteiger partial charge on any atom is 0.0396 e. The normalized spacial score (nSPS) is 26.1. The summed E-state index contributed by atoms with van der Waals surface area (Å²) in [5, 5.41) is 0. The number of hydrogen-bond donors (Lipinski definition) is 0. The van der Waals surface area contributed by atoms with E-state index in [1.54, 1.807) is 0 Å². The lowest BCUT2D eigenvalue weighted by Crippen LogP contribution is -2.36. The number of fused-ring (bicyclic) bond motifs is 2. The molecular formula is C20H30N2. The molecule has 2 aliphatic rings. The number of likely N-dealkylation sites (N-methyl/N-ethyl adjacent to an activating group) is 2. The number of hydrogen-bond acceptors (Lipinski definition) is 2. The molecule has 1 fully saturated rings. The van der Waals surface area contributed by atoms with E-state index in [0.29, 0.717) is 0 Å². The summed E-state index contributed by atoms with van der Waals surface area (Å²) in [4.78, 5) is 5.05. The van der Waals surface area contributed by atoms with Gasteiger partial charge in [0.1, 0.15) is 0 Å². The summed E-state index contributed by atoms with van der Waals surface area (Å²) >= 11 is 0. The molecule has 2 heteroatoms. The second kappa shape index (κ2) is 6.87. The van der Waals surface area contributed by atoms with Gasteiger partial charge in [-0.25, -0.2) is 0 Å². The van der Waals surface area contributed by atoms with Crippen LogP contribution in [0.25, 0.3) is 0 Å². The van der Waals surface area contributed by atoms with Gasteiger partial charge in [-0.15, -0.1) is 0 Å². The molecule has 0 aromatic heterocycles. The summed E-state index contributed by atoms with van der Waals surface area (Å²) < 4.78 is 0. The zero-order chi connectivity index (χ0) is 15.5. The van der Waals surface area contributed by atoms with Gasteiger partial charge in [0.15, 0.2) is 0 Å². The number of benzene rings is 1. The van der Waals surface area contributed by atoms with E-state index in [2.05, 4.69) is 67.1 Å². The van der Waals surface area contributed by atoms with Crippen LogP contribution in [0.5, 0.6) is 0 Å². The average Bonchev–Trinajstić information content (AvgIpc) is 3.12. The molecule has 0 N–H and O–H groups in total. The molecule has 0 spiro atoms. The SMILES string of the molecule is CCN(CCN(C)CC1CC2C=CC1C2)c1ccccc1C. The number of anilines is 1. The van der Waals surface area contributed by atoms with Crippen LogP contribution in [0.3, 0.4) is 0 Å². The lowest BCUT2D eigenvalue weighted by atomic mass is 9.93. The van der Waals surface area contributed by atoms with E-state index >= 15 is 0 Å². The van der Waals surface area contributed by atoms with Gasteiger partial charge in [0, 0.05) is 31.9 Å². The van der Waals surface area contributed by atoms with E-state index in [9.17, 15) is 0 Å². The number of nitrogens with zero attached hydrogens (tertiary/aromatic N) is 2. The van der Waals surface area contributed by atoms with Crippen molar-refractivity contribution in [2.24, 2.45) is 17.8 Å². The molecule has 2 aliphatic carbocycles. The third-order valence-corrected chi connectivity index (χ3v) is 5.55. The monoisotopic (exact) mass is 298 g/mol. The van der Waals surface area contributed by atoms with Crippen molar-refractivity contribution in [2.45, 2.75) is 26.7 Å². The van der Waals surface area contributed by atoms with E-state index in [1.807, 2.05) is 0 Å². The Morgan fingerprint density at radius 2 is 1.91 bits per heavy atom. The van der Waals surface area contributed by atoms with Crippen molar-refractivity contribution in [1.29, 1.82) is 0 Å². The molecule has 1 aromatic rings. The highest BCUT2D eigenvalue weighted by molar-refractivity contribution is 5.52. The first kappa shape index (κ1) is 15.6. The standard InChI is InChI=1S/C20H30N2/c1-4-22(20-8-6-5-7-16(20)2)12-11-21(3)15-19-14-17-9-10-18(19)13-17/h5-10,17-19H,4,11-15H2,1-3H3. The fourth-order valence-electron chi connectivity index (χ4n) is 4.25. The zero-order valence-corrected chi connectivity index (χ0v) is 14.3. The second-order valence-electron chi connectivity index (χ2n) is 7.17. The van der Waals surface area contributed by atoms with Gasteiger partial charge in [0.25, 0.3) is 0 Å². The quantitative estimate of drug-likeness (QED) is 0.703. The predicted molar refractivity (Wildman–Crippen MR) is 95.4 cm³/mol. The van der Waals surface area contributed by atoms with E-state index in [4.69, 9.17) is 0 Å². The molecule has 2 bridgehead atoms. The molecule has 1 aromatic carbocycles. The highest BCUT2D eigenvalue weighted by Crippen LogP contribution is 2.43.